The van der Waals surface area contributed by atoms with Crippen molar-refractivity contribution in [2.24, 2.45) is 0 Å². The van der Waals surface area contributed by atoms with Crippen molar-refractivity contribution in [3.63, 3.8) is 0 Å². The molecular weight excluding hydrogens is 302 g/mol. The molecule has 1 amide bonds. The Morgan fingerprint density at radius 3 is 2.57 bits per heavy atom. The van der Waals surface area contributed by atoms with Crippen LogP contribution in [-0.2, 0) is 0 Å². The number of aryl methyl sites for hydroxylation is 1. The Labute approximate surface area is 133 Å². The number of thiophene rings is 1. The van der Waals surface area contributed by atoms with E-state index in [2.05, 4.69) is 16.2 Å². The van der Waals surface area contributed by atoms with Gasteiger partial charge in [0.05, 0.1) is 11.6 Å². The van der Waals surface area contributed by atoms with Crippen LogP contribution in [0.3, 0.4) is 0 Å². The van der Waals surface area contributed by atoms with E-state index in [1.165, 1.54) is 11.3 Å². The van der Waals surface area contributed by atoms with Gasteiger partial charge in [-0.1, -0.05) is 30.3 Å². The van der Waals surface area contributed by atoms with E-state index in [0.717, 1.165) is 10.4 Å². The molecule has 1 aromatic carbocycles. The Kier molecular flexibility index (Phi) is 5.30. The Hall–Kier alpha value is -1.92. The fourth-order valence-corrected chi connectivity index (χ4v) is 2.72. The van der Waals surface area contributed by atoms with Gasteiger partial charge in [-0.05, 0) is 37.7 Å². The van der Waals surface area contributed by atoms with Crippen molar-refractivity contribution in [3.05, 3.63) is 57.8 Å². The molecule has 0 saturated heterocycles. The van der Waals surface area contributed by atoms with Crippen LogP contribution in [0.1, 0.15) is 33.8 Å². The summed E-state index contributed by atoms with van der Waals surface area (Å²) in [6.07, 6.45) is 0. The summed E-state index contributed by atoms with van der Waals surface area (Å²) in [6, 6.07) is 11.9. The number of hydrogen-bond acceptors (Lipinski definition) is 3. The fourth-order valence-electron chi connectivity index (χ4n) is 1.81. The van der Waals surface area contributed by atoms with E-state index in [1.807, 2.05) is 55.6 Å². The molecule has 0 bridgehead atoms. The van der Waals surface area contributed by atoms with Crippen molar-refractivity contribution < 1.29 is 4.79 Å². The van der Waals surface area contributed by atoms with Gasteiger partial charge in [0.2, 0.25) is 0 Å². The van der Waals surface area contributed by atoms with E-state index >= 15 is 0 Å². The van der Waals surface area contributed by atoms with E-state index in [1.54, 1.807) is 0 Å². The van der Waals surface area contributed by atoms with Crippen LogP contribution >= 0.6 is 23.6 Å². The van der Waals surface area contributed by atoms with E-state index < -0.39 is 0 Å². The standard InChI is InChI=1S/C15H17N3OS2/c1-10-8-13(9-21-10)14(19)17-18-15(20)16-11(2)12-6-4-3-5-7-12/h3-9,11H,1-2H3,(H,17,19)(H2,16,18,20)/t11-/m0/s1. The number of carbonyl (C=O) groups excluding carboxylic acids is 1. The third-order valence-electron chi connectivity index (χ3n) is 2.93. The molecule has 6 heteroatoms. The van der Waals surface area contributed by atoms with Crippen LogP contribution in [0.25, 0.3) is 0 Å². The normalized spacial score (nSPS) is 11.5. The Bertz CT molecular complexity index is 625. The molecule has 110 valence electrons. The molecule has 0 unspecified atom stereocenters. The summed E-state index contributed by atoms with van der Waals surface area (Å²) in [5, 5.41) is 5.31. The lowest BCUT2D eigenvalue weighted by molar-refractivity contribution is 0.0944. The predicted molar refractivity (Wildman–Crippen MR) is 90.2 cm³/mol. The van der Waals surface area contributed by atoms with E-state index in [0.29, 0.717) is 10.7 Å². The summed E-state index contributed by atoms with van der Waals surface area (Å²) in [7, 11) is 0. The average Bonchev–Trinajstić information content (AvgIpc) is 2.92. The second-order valence-electron chi connectivity index (χ2n) is 4.63. The summed E-state index contributed by atoms with van der Waals surface area (Å²) in [5.74, 6) is -0.198. The van der Waals surface area contributed by atoms with Crippen LogP contribution in [0.5, 0.6) is 0 Å². The summed E-state index contributed by atoms with van der Waals surface area (Å²) < 4.78 is 0. The lowest BCUT2D eigenvalue weighted by atomic mass is 10.1. The summed E-state index contributed by atoms with van der Waals surface area (Å²) in [6.45, 7) is 3.97. The monoisotopic (exact) mass is 319 g/mol. The minimum absolute atomic E-state index is 0.0616. The first kappa shape index (κ1) is 15.5. The molecule has 3 N–H and O–H groups in total. The predicted octanol–water partition coefficient (Wildman–Crippen LogP) is 2.93. The van der Waals surface area contributed by atoms with Gasteiger partial charge >= 0.3 is 0 Å². The lowest BCUT2D eigenvalue weighted by Gasteiger charge is -2.17. The molecule has 0 fully saturated rings. The fraction of sp³-hybridized carbons (Fsp3) is 0.200. The average molecular weight is 319 g/mol. The first-order valence-corrected chi connectivity index (χ1v) is 7.82. The number of thiocarbonyl (C=S) groups is 1. The van der Waals surface area contributed by atoms with E-state index in [9.17, 15) is 4.79 Å². The van der Waals surface area contributed by atoms with Gasteiger partial charge in [-0.2, -0.15) is 0 Å². The van der Waals surface area contributed by atoms with Gasteiger partial charge in [-0.3, -0.25) is 15.6 Å². The van der Waals surface area contributed by atoms with Crippen LogP contribution in [-0.4, -0.2) is 11.0 Å². The SMILES string of the molecule is Cc1cc(C(=O)NNC(=S)N[C@@H](C)c2ccccc2)cs1. The molecule has 0 aliphatic carbocycles. The molecular formula is C15H17N3OS2. The van der Waals surface area contributed by atoms with Crippen molar-refractivity contribution >= 4 is 34.6 Å². The van der Waals surface area contributed by atoms with Gasteiger partial charge in [0.15, 0.2) is 5.11 Å². The minimum atomic E-state index is -0.198. The highest BCUT2D eigenvalue weighted by atomic mass is 32.1. The Morgan fingerprint density at radius 1 is 1.24 bits per heavy atom. The lowest BCUT2D eigenvalue weighted by Crippen LogP contribution is -2.47. The van der Waals surface area contributed by atoms with Crippen LogP contribution in [0, 0.1) is 6.92 Å². The highest BCUT2D eigenvalue weighted by Gasteiger charge is 2.09. The maximum atomic E-state index is 11.9. The third-order valence-corrected chi connectivity index (χ3v) is 4.01. The summed E-state index contributed by atoms with van der Waals surface area (Å²) >= 11 is 6.71. The largest absolute Gasteiger partial charge is 0.355 e. The van der Waals surface area contributed by atoms with Gasteiger partial charge in [-0.15, -0.1) is 11.3 Å². The molecule has 4 nitrogen and oxygen atoms in total. The second-order valence-corrected chi connectivity index (χ2v) is 6.15. The summed E-state index contributed by atoms with van der Waals surface area (Å²) in [4.78, 5) is 13.0. The molecule has 1 atom stereocenters. The first-order valence-electron chi connectivity index (χ1n) is 6.53. The van der Waals surface area contributed by atoms with Crippen LogP contribution in [0.15, 0.2) is 41.8 Å². The van der Waals surface area contributed by atoms with E-state index in [4.69, 9.17) is 12.2 Å². The van der Waals surface area contributed by atoms with Crippen LogP contribution in [0.2, 0.25) is 0 Å². The second kappa shape index (κ2) is 7.19. The van der Waals surface area contributed by atoms with E-state index in [-0.39, 0.29) is 11.9 Å². The minimum Gasteiger partial charge on any atom is -0.355 e. The molecule has 0 aliphatic heterocycles. The molecule has 1 heterocycles. The Morgan fingerprint density at radius 2 is 1.95 bits per heavy atom. The molecule has 1 aromatic heterocycles. The molecule has 2 aromatic rings. The number of hydrogen-bond donors (Lipinski definition) is 3. The number of benzene rings is 1. The third kappa shape index (κ3) is 4.54. The maximum absolute atomic E-state index is 11.9. The molecule has 21 heavy (non-hydrogen) atoms. The maximum Gasteiger partial charge on any atom is 0.270 e. The van der Waals surface area contributed by atoms with Crippen molar-refractivity contribution in [1.82, 2.24) is 16.2 Å². The topological polar surface area (TPSA) is 53.2 Å². The van der Waals surface area contributed by atoms with Gasteiger partial charge < -0.3 is 5.32 Å². The van der Waals surface area contributed by atoms with Crippen LogP contribution in [0.4, 0.5) is 0 Å². The van der Waals surface area contributed by atoms with Crippen molar-refractivity contribution in [3.8, 4) is 0 Å². The molecule has 0 spiro atoms. The van der Waals surface area contributed by atoms with Crippen molar-refractivity contribution in [2.45, 2.75) is 19.9 Å². The Balaban J connectivity index is 1.81. The quantitative estimate of drug-likeness (QED) is 0.601. The molecule has 2 rings (SSSR count). The highest BCUT2D eigenvalue weighted by molar-refractivity contribution is 7.80. The number of amides is 1. The van der Waals surface area contributed by atoms with Gasteiger partial charge in [0, 0.05) is 10.3 Å². The van der Waals surface area contributed by atoms with Gasteiger partial charge in [0.1, 0.15) is 0 Å². The van der Waals surface area contributed by atoms with Gasteiger partial charge in [-0.25, -0.2) is 0 Å². The van der Waals surface area contributed by atoms with Crippen molar-refractivity contribution in [2.75, 3.05) is 0 Å². The molecule has 0 aliphatic rings. The first-order chi connectivity index (χ1) is 10.1. The number of rotatable bonds is 3. The number of carbonyl (C=O) groups is 1. The highest BCUT2D eigenvalue weighted by Crippen LogP contribution is 2.12. The van der Waals surface area contributed by atoms with Crippen LogP contribution < -0.4 is 16.2 Å². The number of nitrogens with one attached hydrogen (secondary N) is 3. The number of hydrazine groups is 1. The molecule has 0 saturated carbocycles. The zero-order valence-corrected chi connectivity index (χ0v) is 13.5. The van der Waals surface area contributed by atoms with Gasteiger partial charge in [0.25, 0.3) is 5.91 Å². The smallest absolute Gasteiger partial charge is 0.270 e. The summed E-state index contributed by atoms with van der Waals surface area (Å²) in [5.41, 5.74) is 7.05. The zero-order chi connectivity index (χ0) is 15.2. The van der Waals surface area contributed by atoms with Crippen molar-refractivity contribution in [1.29, 1.82) is 0 Å². The zero-order valence-electron chi connectivity index (χ0n) is 11.8. The molecule has 0 radical (unpaired) electrons.